The molecule has 25 heavy (non-hydrogen) atoms. The van der Waals surface area contributed by atoms with Crippen LogP contribution < -0.4 is 14.8 Å². The third-order valence-electron chi connectivity index (χ3n) is 4.18. The Kier molecular flexibility index (Phi) is 5.03. The monoisotopic (exact) mass is 339 g/mol. The van der Waals surface area contributed by atoms with Crippen molar-refractivity contribution < 1.29 is 19.1 Å². The third-order valence-corrected chi connectivity index (χ3v) is 4.18. The molecule has 2 aromatic rings. The largest absolute Gasteiger partial charge is 0.494 e. The first-order chi connectivity index (χ1) is 12.1. The van der Waals surface area contributed by atoms with Crippen molar-refractivity contribution in [1.29, 1.82) is 0 Å². The Balaban J connectivity index is 1.74. The number of rotatable bonds is 5. The van der Waals surface area contributed by atoms with Crippen LogP contribution in [-0.4, -0.2) is 24.9 Å². The fourth-order valence-electron chi connectivity index (χ4n) is 2.93. The van der Waals surface area contributed by atoms with Crippen LogP contribution in [0.2, 0.25) is 0 Å². The molecule has 5 heteroatoms. The standard InChI is InChI=1S/C20H21NO4/c1-3-24-16-8-9-19-14(11-16)10-15(12-25-19)20(23)21-18-7-5-4-6-17(18)13(2)22/h4-9,11,15H,3,10,12H2,1-2H3,(H,21,23). The molecule has 5 nitrogen and oxygen atoms in total. The van der Waals surface area contributed by atoms with E-state index in [0.717, 1.165) is 17.1 Å². The highest BCUT2D eigenvalue weighted by molar-refractivity contribution is 6.04. The number of carbonyl (C=O) groups is 2. The van der Waals surface area contributed by atoms with Gasteiger partial charge in [-0.2, -0.15) is 0 Å². The molecule has 0 saturated heterocycles. The Morgan fingerprint density at radius 2 is 2.04 bits per heavy atom. The number of para-hydroxylation sites is 1. The average Bonchev–Trinajstić information content (AvgIpc) is 2.61. The summed E-state index contributed by atoms with van der Waals surface area (Å²) in [6.07, 6.45) is 0.574. The van der Waals surface area contributed by atoms with Crippen molar-refractivity contribution in [3.8, 4) is 11.5 Å². The second kappa shape index (κ2) is 7.38. The number of Topliss-reactive ketones (excluding diaryl/α,β-unsaturated/α-hetero) is 1. The maximum Gasteiger partial charge on any atom is 0.231 e. The number of anilines is 1. The minimum Gasteiger partial charge on any atom is -0.494 e. The van der Waals surface area contributed by atoms with Gasteiger partial charge in [-0.15, -0.1) is 0 Å². The lowest BCUT2D eigenvalue weighted by atomic mass is 9.95. The molecule has 3 rings (SSSR count). The predicted octanol–water partition coefficient (Wildman–Crippen LogP) is 3.48. The summed E-state index contributed by atoms with van der Waals surface area (Å²) in [6.45, 7) is 4.32. The van der Waals surface area contributed by atoms with Gasteiger partial charge in [0.15, 0.2) is 5.78 Å². The Morgan fingerprint density at radius 3 is 2.80 bits per heavy atom. The Morgan fingerprint density at radius 1 is 1.24 bits per heavy atom. The minimum absolute atomic E-state index is 0.0810. The normalized spacial score (nSPS) is 15.7. The summed E-state index contributed by atoms with van der Waals surface area (Å²) in [5.74, 6) is 1.01. The molecule has 0 saturated carbocycles. The van der Waals surface area contributed by atoms with Gasteiger partial charge in [0.05, 0.1) is 18.2 Å². The molecule has 0 fully saturated rings. The smallest absolute Gasteiger partial charge is 0.231 e. The zero-order valence-corrected chi connectivity index (χ0v) is 14.4. The van der Waals surface area contributed by atoms with Crippen LogP contribution in [0, 0.1) is 5.92 Å². The quantitative estimate of drug-likeness (QED) is 0.847. The summed E-state index contributed by atoms with van der Waals surface area (Å²) in [4.78, 5) is 24.3. The van der Waals surface area contributed by atoms with Crippen LogP contribution >= 0.6 is 0 Å². The van der Waals surface area contributed by atoms with Crippen molar-refractivity contribution in [1.82, 2.24) is 0 Å². The topological polar surface area (TPSA) is 64.6 Å². The van der Waals surface area contributed by atoms with Gasteiger partial charge in [0, 0.05) is 5.56 Å². The molecule has 130 valence electrons. The van der Waals surface area contributed by atoms with Gasteiger partial charge in [-0.05, 0) is 56.2 Å². The average molecular weight is 339 g/mol. The molecule has 1 amide bonds. The minimum atomic E-state index is -0.315. The van der Waals surface area contributed by atoms with Gasteiger partial charge < -0.3 is 14.8 Å². The summed E-state index contributed by atoms with van der Waals surface area (Å²) in [5, 5.41) is 2.86. The summed E-state index contributed by atoms with van der Waals surface area (Å²) >= 11 is 0. The molecule has 0 bridgehead atoms. The van der Waals surface area contributed by atoms with Crippen molar-refractivity contribution in [2.24, 2.45) is 5.92 Å². The van der Waals surface area contributed by atoms with E-state index in [1.807, 2.05) is 25.1 Å². The van der Waals surface area contributed by atoms with Gasteiger partial charge in [-0.3, -0.25) is 9.59 Å². The number of fused-ring (bicyclic) bond motifs is 1. The van der Waals surface area contributed by atoms with Crippen molar-refractivity contribution >= 4 is 17.4 Å². The van der Waals surface area contributed by atoms with Gasteiger partial charge in [0.2, 0.25) is 5.91 Å². The van der Waals surface area contributed by atoms with E-state index in [0.29, 0.717) is 30.9 Å². The highest BCUT2D eigenvalue weighted by Crippen LogP contribution is 2.31. The number of ketones is 1. The molecular weight excluding hydrogens is 318 g/mol. The highest BCUT2D eigenvalue weighted by Gasteiger charge is 2.27. The molecule has 1 atom stereocenters. The number of hydrogen-bond donors (Lipinski definition) is 1. The maximum absolute atomic E-state index is 12.6. The second-order valence-corrected chi connectivity index (χ2v) is 6.01. The number of amides is 1. The fraction of sp³-hybridized carbons (Fsp3) is 0.300. The van der Waals surface area contributed by atoms with E-state index in [2.05, 4.69) is 5.32 Å². The van der Waals surface area contributed by atoms with Crippen LogP contribution in [0.1, 0.15) is 29.8 Å². The first kappa shape index (κ1) is 17.0. The van der Waals surface area contributed by atoms with Crippen molar-refractivity contribution in [2.45, 2.75) is 20.3 Å². The van der Waals surface area contributed by atoms with Gasteiger partial charge in [-0.25, -0.2) is 0 Å². The molecule has 1 aliphatic rings. The molecule has 0 radical (unpaired) electrons. The molecule has 2 aromatic carbocycles. The highest BCUT2D eigenvalue weighted by atomic mass is 16.5. The van der Waals surface area contributed by atoms with E-state index in [9.17, 15) is 9.59 Å². The van der Waals surface area contributed by atoms with E-state index in [-0.39, 0.29) is 17.6 Å². The van der Waals surface area contributed by atoms with Crippen molar-refractivity contribution in [2.75, 3.05) is 18.5 Å². The molecule has 0 spiro atoms. The number of ether oxygens (including phenoxy) is 2. The molecule has 1 N–H and O–H groups in total. The maximum atomic E-state index is 12.6. The van der Waals surface area contributed by atoms with Crippen LogP contribution in [0.4, 0.5) is 5.69 Å². The zero-order valence-electron chi connectivity index (χ0n) is 14.4. The molecule has 1 unspecified atom stereocenters. The summed E-state index contributed by atoms with van der Waals surface area (Å²) in [7, 11) is 0. The van der Waals surface area contributed by atoms with Crippen LogP contribution in [0.3, 0.4) is 0 Å². The Hall–Kier alpha value is -2.82. The lowest BCUT2D eigenvalue weighted by molar-refractivity contribution is -0.121. The molecule has 1 aliphatic heterocycles. The van der Waals surface area contributed by atoms with E-state index < -0.39 is 0 Å². The van der Waals surface area contributed by atoms with Crippen LogP contribution in [0.5, 0.6) is 11.5 Å². The molecule has 0 aromatic heterocycles. The van der Waals surface area contributed by atoms with Gasteiger partial charge >= 0.3 is 0 Å². The van der Waals surface area contributed by atoms with Crippen LogP contribution in [0.25, 0.3) is 0 Å². The number of nitrogens with one attached hydrogen (secondary N) is 1. The lowest BCUT2D eigenvalue weighted by Gasteiger charge is -2.25. The lowest BCUT2D eigenvalue weighted by Crippen LogP contribution is -2.33. The molecular formula is C20H21NO4. The van der Waals surface area contributed by atoms with E-state index >= 15 is 0 Å². The first-order valence-electron chi connectivity index (χ1n) is 8.38. The summed E-state index contributed by atoms with van der Waals surface area (Å²) in [6, 6.07) is 12.7. The Bertz CT molecular complexity index is 800. The fourth-order valence-corrected chi connectivity index (χ4v) is 2.93. The molecule has 0 aliphatic carbocycles. The number of hydrogen-bond acceptors (Lipinski definition) is 4. The summed E-state index contributed by atoms with van der Waals surface area (Å²) in [5.41, 5.74) is 2.00. The first-order valence-corrected chi connectivity index (χ1v) is 8.38. The van der Waals surface area contributed by atoms with E-state index in [1.165, 1.54) is 6.92 Å². The second-order valence-electron chi connectivity index (χ2n) is 6.01. The Labute approximate surface area is 147 Å². The third kappa shape index (κ3) is 3.82. The van der Waals surface area contributed by atoms with Gasteiger partial charge in [-0.1, -0.05) is 12.1 Å². The SMILES string of the molecule is CCOc1ccc2c(c1)CC(C(=O)Nc1ccccc1C(C)=O)CO2. The zero-order chi connectivity index (χ0) is 17.8. The number of carbonyl (C=O) groups excluding carboxylic acids is 2. The van der Waals surface area contributed by atoms with Crippen LogP contribution in [0.15, 0.2) is 42.5 Å². The predicted molar refractivity (Wildman–Crippen MR) is 95.4 cm³/mol. The number of benzene rings is 2. The van der Waals surface area contributed by atoms with Gasteiger partial charge in [0.1, 0.15) is 18.1 Å². The van der Waals surface area contributed by atoms with Gasteiger partial charge in [0.25, 0.3) is 0 Å². The molecule has 1 heterocycles. The van der Waals surface area contributed by atoms with Crippen molar-refractivity contribution in [3.63, 3.8) is 0 Å². The van der Waals surface area contributed by atoms with E-state index in [1.54, 1.807) is 24.3 Å². The van der Waals surface area contributed by atoms with E-state index in [4.69, 9.17) is 9.47 Å². The van der Waals surface area contributed by atoms with Crippen molar-refractivity contribution in [3.05, 3.63) is 53.6 Å². The van der Waals surface area contributed by atoms with Crippen LogP contribution in [-0.2, 0) is 11.2 Å². The summed E-state index contributed by atoms with van der Waals surface area (Å²) < 4.78 is 11.2.